The van der Waals surface area contributed by atoms with Crippen LogP contribution in [0.2, 0.25) is 4.34 Å². The van der Waals surface area contributed by atoms with E-state index >= 15 is 0 Å². The fourth-order valence-electron chi connectivity index (χ4n) is 2.73. The molecule has 3 nitrogen and oxygen atoms in total. The molecular weight excluding hydrogens is 304 g/mol. The van der Waals surface area contributed by atoms with Gasteiger partial charge >= 0.3 is 0 Å². The Kier molecular flexibility index (Phi) is 3.56. The number of hydrogen-bond acceptors (Lipinski definition) is 3. The quantitative estimate of drug-likeness (QED) is 0.899. The van der Waals surface area contributed by atoms with Gasteiger partial charge in [0.2, 0.25) is 5.91 Å². The number of carbonyl (C=O) groups is 1. The van der Waals surface area contributed by atoms with Gasteiger partial charge in [-0.25, -0.2) is 0 Å². The van der Waals surface area contributed by atoms with E-state index in [2.05, 4.69) is 22.8 Å². The molecule has 1 atom stereocenters. The summed E-state index contributed by atoms with van der Waals surface area (Å²) in [5, 5.41) is 6.26. The summed E-state index contributed by atoms with van der Waals surface area (Å²) in [5.74, 6) is 0.0508. The normalized spacial score (nSPS) is 17.4. The fraction of sp³-hybridized carbons (Fsp3) is 0.312. The van der Waals surface area contributed by atoms with Crippen molar-refractivity contribution in [2.24, 2.45) is 0 Å². The van der Waals surface area contributed by atoms with Gasteiger partial charge in [-0.3, -0.25) is 4.79 Å². The monoisotopic (exact) mass is 320 g/mol. The number of halogens is 1. The van der Waals surface area contributed by atoms with Gasteiger partial charge in [-0.2, -0.15) is 0 Å². The van der Waals surface area contributed by atoms with E-state index in [0.29, 0.717) is 0 Å². The van der Waals surface area contributed by atoms with Crippen LogP contribution < -0.4 is 10.6 Å². The largest absolute Gasteiger partial charge is 0.325 e. The SMILES string of the molecule is CNC(c1ccc2c(c1)C(C)(C)C(=O)N2)c1ccc(Cl)s1. The zero-order valence-electron chi connectivity index (χ0n) is 12.2. The Morgan fingerprint density at radius 1 is 1.29 bits per heavy atom. The van der Waals surface area contributed by atoms with Gasteiger partial charge in [-0.05, 0) is 50.2 Å². The van der Waals surface area contributed by atoms with E-state index in [1.54, 1.807) is 11.3 Å². The number of carbonyl (C=O) groups excluding carboxylic acids is 1. The van der Waals surface area contributed by atoms with Crippen molar-refractivity contribution in [3.8, 4) is 0 Å². The van der Waals surface area contributed by atoms with Crippen LogP contribution >= 0.6 is 22.9 Å². The molecule has 1 aliphatic heterocycles. The van der Waals surface area contributed by atoms with Crippen LogP contribution in [0.4, 0.5) is 5.69 Å². The maximum atomic E-state index is 12.0. The molecule has 0 saturated heterocycles. The molecule has 0 fully saturated rings. The van der Waals surface area contributed by atoms with Crippen molar-refractivity contribution in [3.63, 3.8) is 0 Å². The lowest BCUT2D eigenvalue weighted by Gasteiger charge is -2.19. The highest BCUT2D eigenvalue weighted by atomic mass is 35.5. The molecular formula is C16H17ClN2OS. The van der Waals surface area contributed by atoms with Crippen LogP contribution in [0.3, 0.4) is 0 Å². The third kappa shape index (κ3) is 2.37. The molecule has 21 heavy (non-hydrogen) atoms. The maximum Gasteiger partial charge on any atom is 0.234 e. The van der Waals surface area contributed by atoms with Crippen molar-refractivity contribution in [1.82, 2.24) is 5.32 Å². The first kappa shape index (κ1) is 14.6. The highest BCUT2D eigenvalue weighted by Gasteiger charge is 2.38. The van der Waals surface area contributed by atoms with Crippen molar-refractivity contribution in [2.45, 2.75) is 25.3 Å². The lowest BCUT2D eigenvalue weighted by molar-refractivity contribution is -0.119. The smallest absolute Gasteiger partial charge is 0.234 e. The minimum atomic E-state index is -0.489. The van der Waals surface area contributed by atoms with E-state index in [9.17, 15) is 4.79 Å². The molecule has 5 heteroatoms. The Morgan fingerprint density at radius 2 is 2.05 bits per heavy atom. The van der Waals surface area contributed by atoms with Gasteiger partial charge in [0.25, 0.3) is 0 Å². The van der Waals surface area contributed by atoms with Gasteiger partial charge in [-0.1, -0.05) is 23.7 Å². The Balaban J connectivity index is 2.04. The molecule has 0 aliphatic carbocycles. The second-order valence-electron chi connectivity index (χ2n) is 5.75. The number of fused-ring (bicyclic) bond motifs is 1. The van der Waals surface area contributed by atoms with Crippen LogP contribution in [0.1, 0.15) is 35.9 Å². The number of benzene rings is 1. The number of amides is 1. The standard InChI is InChI=1S/C16H17ClN2OS/c1-16(2)10-8-9(4-5-11(10)19-15(16)20)14(18-3)12-6-7-13(17)21-12/h4-8,14,18H,1-3H3,(H,19,20). The van der Waals surface area contributed by atoms with Crippen LogP contribution in [-0.4, -0.2) is 13.0 Å². The minimum absolute atomic E-state index is 0.0508. The topological polar surface area (TPSA) is 41.1 Å². The summed E-state index contributed by atoms with van der Waals surface area (Å²) >= 11 is 7.61. The van der Waals surface area contributed by atoms with Crippen molar-refractivity contribution in [1.29, 1.82) is 0 Å². The van der Waals surface area contributed by atoms with Crippen LogP contribution in [-0.2, 0) is 10.2 Å². The molecule has 1 aliphatic rings. The molecule has 0 bridgehead atoms. The summed E-state index contributed by atoms with van der Waals surface area (Å²) in [7, 11) is 1.93. The van der Waals surface area contributed by atoms with Crippen molar-refractivity contribution >= 4 is 34.5 Å². The van der Waals surface area contributed by atoms with Gasteiger partial charge in [-0.15, -0.1) is 11.3 Å². The lowest BCUT2D eigenvalue weighted by Crippen LogP contribution is -2.27. The molecule has 2 N–H and O–H groups in total. The Labute approximate surface area is 133 Å². The van der Waals surface area contributed by atoms with E-state index in [1.807, 2.05) is 39.1 Å². The summed E-state index contributed by atoms with van der Waals surface area (Å²) in [6.45, 7) is 3.91. The second kappa shape index (κ2) is 5.13. The Morgan fingerprint density at radius 3 is 2.67 bits per heavy atom. The molecule has 0 saturated carbocycles. The number of rotatable bonds is 3. The third-order valence-corrected chi connectivity index (χ3v) is 5.33. The minimum Gasteiger partial charge on any atom is -0.325 e. The molecule has 0 spiro atoms. The van der Waals surface area contributed by atoms with Crippen molar-refractivity contribution in [3.05, 3.63) is 50.7 Å². The number of hydrogen-bond donors (Lipinski definition) is 2. The van der Waals surface area contributed by atoms with Crippen LogP contribution in [0.5, 0.6) is 0 Å². The molecule has 2 heterocycles. The molecule has 2 aromatic rings. The first-order chi connectivity index (χ1) is 9.93. The maximum absolute atomic E-state index is 12.0. The van der Waals surface area contributed by atoms with Gasteiger partial charge in [0.15, 0.2) is 0 Å². The molecule has 1 aromatic heterocycles. The average molecular weight is 321 g/mol. The average Bonchev–Trinajstić information content (AvgIpc) is 2.95. The van der Waals surface area contributed by atoms with Crippen LogP contribution in [0, 0.1) is 0 Å². The lowest BCUT2D eigenvalue weighted by atomic mass is 9.84. The summed E-state index contributed by atoms with van der Waals surface area (Å²) in [6, 6.07) is 10.2. The Hall–Kier alpha value is -1.36. The van der Waals surface area contributed by atoms with Crippen LogP contribution in [0.15, 0.2) is 30.3 Å². The Bertz CT molecular complexity index is 708. The van der Waals surface area contributed by atoms with E-state index in [1.165, 1.54) is 0 Å². The van der Waals surface area contributed by atoms with Gasteiger partial charge < -0.3 is 10.6 Å². The second-order valence-corrected chi connectivity index (χ2v) is 7.49. The zero-order valence-corrected chi connectivity index (χ0v) is 13.7. The molecule has 1 aromatic carbocycles. The predicted molar refractivity (Wildman–Crippen MR) is 88.3 cm³/mol. The highest BCUT2D eigenvalue weighted by Crippen LogP contribution is 2.40. The molecule has 110 valence electrons. The first-order valence-electron chi connectivity index (χ1n) is 6.82. The van der Waals surface area contributed by atoms with E-state index < -0.39 is 5.41 Å². The van der Waals surface area contributed by atoms with E-state index in [-0.39, 0.29) is 11.9 Å². The summed E-state index contributed by atoms with van der Waals surface area (Å²) < 4.78 is 0.781. The van der Waals surface area contributed by atoms with Crippen molar-refractivity contribution < 1.29 is 4.79 Å². The number of anilines is 1. The molecule has 0 radical (unpaired) electrons. The highest BCUT2D eigenvalue weighted by molar-refractivity contribution is 7.16. The zero-order chi connectivity index (χ0) is 15.2. The van der Waals surface area contributed by atoms with E-state index in [0.717, 1.165) is 26.0 Å². The van der Waals surface area contributed by atoms with Crippen LogP contribution in [0.25, 0.3) is 0 Å². The molecule has 3 rings (SSSR count). The molecule has 1 unspecified atom stereocenters. The number of nitrogens with one attached hydrogen (secondary N) is 2. The fourth-order valence-corrected chi connectivity index (χ4v) is 3.92. The summed E-state index contributed by atoms with van der Waals surface area (Å²) in [6.07, 6.45) is 0. The predicted octanol–water partition coefficient (Wildman–Crippen LogP) is 3.94. The van der Waals surface area contributed by atoms with Gasteiger partial charge in [0.1, 0.15) is 0 Å². The summed E-state index contributed by atoms with van der Waals surface area (Å²) in [5.41, 5.74) is 2.61. The summed E-state index contributed by atoms with van der Waals surface area (Å²) in [4.78, 5) is 13.2. The molecule has 1 amide bonds. The number of thiophene rings is 1. The van der Waals surface area contributed by atoms with Gasteiger partial charge in [0.05, 0.1) is 15.8 Å². The van der Waals surface area contributed by atoms with Gasteiger partial charge in [0, 0.05) is 10.6 Å². The van der Waals surface area contributed by atoms with Crippen molar-refractivity contribution in [2.75, 3.05) is 12.4 Å². The van der Waals surface area contributed by atoms with E-state index in [4.69, 9.17) is 11.6 Å². The third-order valence-electron chi connectivity index (χ3n) is 4.03. The first-order valence-corrected chi connectivity index (χ1v) is 8.01.